The number of hydrogen-bond acceptors (Lipinski definition) is 5. The largest absolute Gasteiger partial charge is 0.339 e. The van der Waals surface area contributed by atoms with Crippen LogP contribution < -0.4 is 0 Å². The summed E-state index contributed by atoms with van der Waals surface area (Å²) in [4.78, 5) is 29.5. The number of rotatable bonds is 5. The molecule has 0 unspecified atom stereocenters. The molecule has 1 aromatic carbocycles. The van der Waals surface area contributed by atoms with Crippen LogP contribution in [-0.2, 0) is 14.8 Å². The van der Waals surface area contributed by atoms with Gasteiger partial charge in [0, 0.05) is 44.8 Å². The fraction of sp³-hybridized carbons (Fsp3) is 0.556. The molecule has 2 aliphatic heterocycles. The molecule has 0 atom stereocenters. The quantitative estimate of drug-likeness (QED) is 0.676. The standard InChI is InChI=1S/C18H26N4O4S/c1-19(2)14-17(23)20-8-10-22(11-9-20)27(25,26)16-12-21(13-16)18(24)15-6-4-3-5-7-15/h3-7,16H,8-14H2,1-2H3. The highest BCUT2D eigenvalue weighted by Crippen LogP contribution is 2.23. The van der Waals surface area contributed by atoms with Crippen LogP contribution >= 0.6 is 0 Å². The fourth-order valence-electron chi connectivity index (χ4n) is 3.33. The minimum Gasteiger partial charge on any atom is -0.339 e. The highest BCUT2D eigenvalue weighted by Gasteiger charge is 2.43. The van der Waals surface area contributed by atoms with Gasteiger partial charge >= 0.3 is 0 Å². The first-order valence-electron chi connectivity index (χ1n) is 9.05. The molecule has 2 heterocycles. The van der Waals surface area contributed by atoms with E-state index in [4.69, 9.17) is 0 Å². The maximum Gasteiger partial charge on any atom is 0.253 e. The Hall–Kier alpha value is -1.97. The topological polar surface area (TPSA) is 81.2 Å². The van der Waals surface area contributed by atoms with E-state index in [-0.39, 0.29) is 24.9 Å². The predicted molar refractivity (Wildman–Crippen MR) is 102 cm³/mol. The number of hydrogen-bond donors (Lipinski definition) is 0. The third-order valence-corrected chi connectivity index (χ3v) is 7.21. The summed E-state index contributed by atoms with van der Waals surface area (Å²) in [6, 6.07) is 8.88. The van der Waals surface area contributed by atoms with E-state index in [9.17, 15) is 18.0 Å². The van der Waals surface area contributed by atoms with Crippen LogP contribution in [0.4, 0.5) is 0 Å². The van der Waals surface area contributed by atoms with Crippen molar-refractivity contribution in [2.45, 2.75) is 5.25 Å². The molecule has 9 heteroatoms. The molecule has 2 fully saturated rings. The Labute approximate surface area is 160 Å². The summed E-state index contributed by atoms with van der Waals surface area (Å²) in [5.74, 6) is -0.124. The number of likely N-dealkylation sites (N-methyl/N-ethyl adjacent to an activating group) is 1. The third-order valence-electron chi connectivity index (χ3n) is 4.98. The lowest BCUT2D eigenvalue weighted by atomic mass is 10.1. The molecule has 0 bridgehead atoms. The van der Waals surface area contributed by atoms with E-state index in [0.29, 0.717) is 38.3 Å². The molecule has 0 aromatic heterocycles. The van der Waals surface area contributed by atoms with Crippen LogP contribution in [-0.4, -0.2) is 104 Å². The number of carbonyl (C=O) groups is 2. The van der Waals surface area contributed by atoms with Crippen LogP contribution in [0.2, 0.25) is 0 Å². The van der Waals surface area contributed by atoms with Gasteiger partial charge < -0.3 is 14.7 Å². The molecule has 1 aromatic rings. The Morgan fingerprint density at radius 2 is 1.59 bits per heavy atom. The van der Waals surface area contributed by atoms with E-state index >= 15 is 0 Å². The highest BCUT2D eigenvalue weighted by atomic mass is 32.2. The first-order valence-corrected chi connectivity index (χ1v) is 10.5. The molecule has 2 saturated heterocycles. The molecule has 0 aliphatic carbocycles. The number of carbonyl (C=O) groups excluding carboxylic acids is 2. The summed E-state index contributed by atoms with van der Waals surface area (Å²) in [5, 5.41) is -0.561. The lowest BCUT2D eigenvalue weighted by Crippen LogP contribution is -2.62. The van der Waals surface area contributed by atoms with Crippen LogP contribution in [0.5, 0.6) is 0 Å². The molecule has 0 spiro atoms. The summed E-state index contributed by atoms with van der Waals surface area (Å²) in [6.07, 6.45) is 0. The van der Waals surface area contributed by atoms with Gasteiger partial charge in [0.05, 0.1) is 6.54 Å². The third kappa shape index (κ3) is 4.31. The van der Waals surface area contributed by atoms with Crippen LogP contribution in [0.15, 0.2) is 30.3 Å². The average molecular weight is 394 g/mol. The van der Waals surface area contributed by atoms with Crippen LogP contribution in [0, 0.1) is 0 Å². The van der Waals surface area contributed by atoms with Crippen molar-refractivity contribution in [1.82, 2.24) is 19.0 Å². The Morgan fingerprint density at radius 3 is 2.15 bits per heavy atom. The second kappa shape index (κ2) is 7.95. The zero-order valence-corrected chi connectivity index (χ0v) is 16.6. The van der Waals surface area contributed by atoms with Crippen molar-refractivity contribution in [3.8, 4) is 0 Å². The first kappa shape index (κ1) is 19.8. The van der Waals surface area contributed by atoms with Crippen molar-refractivity contribution in [1.29, 1.82) is 0 Å². The maximum absolute atomic E-state index is 12.8. The summed E-state index contributed by atoms with van der Waals surface area (Å²) >= 11 is 0. The minimum atomic E-state index is -3.46. The highest BCUT2D eigenvalue weighted by molar-refractivity contribution is 7.89. The van der Waals surface area contributed by atoms with Crippen molar-refractivity contribution in [3.63, 3.8) is 0 Å². The lowest BCUT2D eigenvalue weighted by molar-refractivity contribution is -0.133. The van der Waals surface area contributed by atoms with Crippen molar-refractivity contribution < 1.29 is 18.0 Å². The molecular weight excluding hydrogens is 368 g/mol. The summed E-state index contributed by atoms with van der Waals surface area (Å²) in [5.41, 5.74) is 0.571. The number of piperazine rings is 1. The van der Waals surface area contributed by atoms with Gasteiger partial charge in [0.1, 0.15) is 5.25 Å². The molecule has 2 amide bonds. The van der Waals surface area contributed by atoms with Gasteiger partial charge in [-0.2, -0.15) is 4.31 Å². The zero-order chi connectivity index (χ0) is 19.6. The van der Waals surface area contributed by atoms with E-state index in [1.54, 1.807) is 39.0 Å². The van der Waals surface area contributed by atoms with E-state index in [1.165, 1.54) is 4.31 Å². The van der Waals surface area contributed by atoms with E-state index < -0.39 is 15.3 Å². The van der Waals surface area contributed by atoms with Gasteiger partial charge in [-0.15, -0.1) is 0 Å². The van der Waals surface area contributed by atoms with Gasteiger partial charge in [-0.05, 0) is 26.2 Å². The predicted octanol–water partition coefficient (Wildman–Crippen LogP) is -0.453. The Kier molecular flexibility index (Phi) is 5.83. The number of sulfonamides is 1. The van der Waals surface area contributed by atoms with Crippen molar-refractivity contribution in [2.75, 3.05) is 59.9 Å². The average Bonchev–Trinajstić information content (AvgIpc) is 2.60. The molecule has 3 rings (SSSR count). The zero-order valence-electron chi connectivity index (χ0n) is 15.7. The molecule has 0 N–H and O–H groups in total. The van der Waals surface area contributed by atoms with Gasteiger partial charge in [0.25, 0.3) is 5.91 Å². The molecule has 27 heavy (non-hydrogen) atoms. The number of likely N-dealkylation sites (tertiary alicyclic amines) is 1. The van der Waals surface area contributed by atoms with Crippen molar-refractivity contribution in [3.05, 3.63) is 35.9 Å². The Morgan fingerprint density at radius 1 is 1.00 bits per heavy atom. The smallest absolute Gasteiger partial charge is 0.253 e. The molecule has 0 radical (unpaired) electrons. The van der Waals surface area contributed by atoms with Gasteiger partial charge in [-0.3, -0.25) is 9.59 Å². The Bertz CT molecular complexity index is 783. The monoisotopic (exact) mass is 394 g/mol. The second-order valence-corrected chi connectivity index (χ2v) is 9.47. The first-order chi connectivity index (χ1) is 12.8. The fourth-order valence-corrected chi connectivity index (χ4v) is 5.16. The molecular formula is C18H26N4O4S. The lowest BCUT2D eigenvalue weighted by Gasteiger charge is -2.42. The summed E-state index contributed by atoms with van der Waals surface area (Å²) < 4.78 is 27.1. The number of amides is 2. The molecule has 8 nitrogen and oxygen atoms in total. The van der Waals surface area contributed by atoms with E-state index in [0.717, 1.165) is 0 Å². The van der Waals surface area contributed by atoms with Crippen molar-refractivity contribution in [2.24, 2.45) is 0 Å². The minimum absolute atomic E-state index is 0.0142. The van der Waals surface area contributed by atoms with Crippen LogP contribution in [0.1, 0.15) is 10.4 Å². The maximum atomic E-state index is 12.8. The van der Waals surface area contributed by atoms with Crippen LogP contribution in [0.3, 0.4) is 0 Å². The van der Waals surface area contributed by atoms with Crippen molar-refractivity contribution >= 4 is 21.8 Å². The normalized spacial score (nSPS) is 19.2. The molecule has 0 saturated carbocycles. The van der Waals surface area contributed by atoms with E-state index in [1.807, 2.05) is 20.2 Å². The Balaban J connectivity index is 1.52. The summed E-state index contributed by atoms with van der Waals surface area (Å²) in [6.45, 7) is 2.20. The van der Waals surface area contributed by atoms with Gasteiger partial charge in [0.2, 0.25) is 15.9 Å². The molecule has 148 valence electrons. The van der Waals surface area contributed by atoms with Crippen LogP contribution in [0.25, 0.3) is 0 Å². The molecule has 2 aliphatic rings. The van der Waals surface area contributed by atoms with E-state index in [2.05, 4.69) is 0 Å². The van der Waals surface area contributed by atoms with Gasteiger partial charge in [-0.25, -0.2) is 8.42 Å². The SMILES string of the molecule is CN(C)CC(=O)N1CCN(S(=O)(=O)C2CN(C(=O)c3ccccc3)C2)CC1. The van der Waals surface area contributed by atoms with Gasteiger partial charge in [-0.1, -0.05) is 18.2 Å². The summed E-state index contributed by atoms with van der Waals surface area (Å²) in [7, 11) is 0.207. The number of nitrogens with zero attached hydrogens (tertiary/aromatic N) is 4. The number of benzene rings is 1. The second-order valence-electron chi connectivity index (χ2n) is 7.26. The van der Waals surface area contributed by atoms with Gasteiger partial charge in [0.15, 0.2) is 0 Å².